The van der Waals surface area contributed by atoms with Crippen LogP contribution in [0.4, 0.5) is 5.82 Å². The first kappa shape index (κ1) is 5.10. The molecule has 0 amide bonds. The molecule has 0 aromatic carbocycles. The smallest absolute Gasteiger partial charge is 0.205 e. The normalized spacial score (nSPS) is 10.4. The highest BCUT2D eigenvalue weighted by Gasteiger charge is 2.01. The highest BCUT2D eigenvalue weighted by molar-refractivity contribution is 5.78. The van der Waals surface area contributed by atoms with Crippen molar-refractivity contribution in [2.75, 3.05) is 0 Å². The number of hydrogen-bond acceptors (Lipinski definition) is 4. The molecule has 0 atom stereocenters. The van der Waals surface area contributed by atoms with E-state index in [-0.39, 0.29) is 5.82 Å². The van der Waals surface area contributed by atoms with E-state index in [2.05, 4.69) is 25.4 Å². The Labute approximate surface area is 55.5 Å². The van der Waals surface area contributed by atoms with Crippen molar-refractivity contribution < 1.29 is 0 Å². The quantitative estimate of drug-likeness (QED) is 0.535. The topological polar surface area (TPSA) is 91.2 Å². The van der Waals surface area contributed by atoms with Crippen molar-refractivity contribution in [2.45, 2.75) is 0 Å². The molecule has 0 aliphatic carbocycles. The minimum Gasteiger partial charge on any atom is -0.340 e. The van der Waals surface area contributed by atoms with Crippen molar-refractivity contribution in [3.05, 3.63) is 6.33 Å². The molecular formula is C4H3N6. The lowest BCUT2D eigenvalue weighted by Crippen LogP contribution is -1.89. The second kappa shape index (κ2) is 1.63. The molecular weight excluding hydrogens is 132 g/mol. The van der Waals surface area contributed by atoms with E-state index < -0.39 is 0 Å². The summed E-state index contributed by atoms with van der Waals surface area (Å²) in [5.74, 6) is 0.0718. The number of aromatic amines is 1. The van der Waals surface area contributed by atoms with E-state index in [1.165, 1.54) is 6.33 Å². The molecule has 2 heterocycles. The van der Waals surface area contributed by atoms with Crippen molar-refractivity contribution in [1.82, 2.24) is 31.1 Å². The molecule has 6 nitrogen and oxygen atoms in total. The Kier molecular flexibility index (Phi) is 0.830. The molecule has 2 rings (SSSR count). The maximum atomic E-state index is 7.20. The summed E-state index contributed by atoms with van der Waals surface area (Å²) in [4.78, 5) is 6.51. The molecule has 0 unspecified atom stereocenters. The van der Waals surface area contributed by atoms with Gasteiger partial charge in [-0.1, -0.05) is 0 Å². The average Bonchev–Trinajstić information content (AvgIpc) is 2.36. The lowest BCUT2D eigenvalue weighted by molar-refractivity contribution is 0.885. The number of nitrogens with one attached hydrogen (secondary N) is 2. The maximum absolute atomic E-state index is 7.20. The van der Waals surface area contributed by atoms with Crippen LogP contribution in [0.3, 0.4) is 0 Å². The van der Waals surface area contributed by atoms with Crippen LogP contribution in [0.25, 0.3) is 11.2 Å². The third kappa shape index (κ3) is 0.524. The zero-order valence-corrected chi connectivity index (χ0v) is 4.87. The van der Waals surface area contributed by atoms with E-state index in [9.17, 15) is 0 Å². The van der Waals surface area contributed by atoms with Gasteiger partial charge in [0.25, 0.3) is 0 Å². The fraction of sp³-hybridized carbons (Fsp3) is 0. The van der Waals surface area contributed by atoms with Gasteiger partial charge in [-0.05, 0) is 5.21 Å². The molecule has 0 fully saturated rings. The Morgan fingerprint density at radius 1 is 1.40 bits per heavy atom. The first-order valence-electron chi connectivity index (χ1n) is 2.62. The van der Waals surface area contributed by atoms with Gasteiger partial charge >= 0.3 is 0 Å². The number of H-pyrrole nitrogens is 1. The summed E-state index contributed by atoms with van der Waals surface area (Å²) >= 11 is 0. The first-order valence-corrected chi connectivity index (χ1v) is 2.62. The SMILES string of the molecule is [NH]c1nnnc2nc[nH]c12. The molecule has 2 aromatic rings. The lowest BCUT2D eigenvalue weighted by atomic mass is 10.5. The van der Waals surface area contributed by atoms with Crippen molar-refractivity contribution in [1.29, 1.82) is 0 Å². The van der Waals surface area contributed by atoms with Crippen LogP contribution in [0.2, 0.25) is 0 Å². The zero-order chi connectivity index (χ0) is 6.97. The summed E-state index contributed by atoms with van der Waals surface area (Å²) in [5.41, 5.74) is 8.15. The second-order valence-electron chi connectivity index (χ2n) is 1.74. The van der Waals surface area contributed by atoms with Gasteiger partial charge in [-0.3, -0.25) is 5.73 Å². The van der Waals surface area contributed by atoms with Gasteiger partial charge in [0.15, 0.2) is 5.82 Å². The Morgan fingerprint density at radius 3 is 3.10 bits per heavy atom. The molecule has 6 heteroatoms. The van der Waals surface area contributed by atoms with E-state index in [4.69, 9.17) is 5.73 Å². The molecule has 10 heavy (non-hydrogen) atoms. The highest BCUT2D eigenvalue weighted by atomic mass is 15.3. The van der Waals surface area contributed by atoms with Crippen LogP contribution in [0, 0.1) is 0 Å². The molecule has 2 aromatic heterocycles. The monoisotopic (exact) mass is 135 g/mol. The van der Waals surface area contributed by atoms with Crippen molar-refractivity contribution >= 4 is 17.0 Å². The summed E-state index contributed by atoms with van der Waals surface area (Å²) in [6.07, 6.45) is 1.46. The molecule has 0 saturated heterocycles. The summed E-state index contributed by atoms with van der Waals surface area (Å²) in [6.45, 7) is 0. The third-order valence-electron chi connectivity index (χ3n) is 1.14. The van der Waals surface area contributed by atoms with Crippen LogP contribution in [-0.4, -0.2) is 25.4 Å². The van der Waals surface area contributed by atoms with E-state index >= 15 is 0 Å². The van der Waals surface area contributed by atoms with Gasteiger partial charge in [-0.25, -0.2) is 4.98 Å². The fourth-order valence-corrected chi connectivity index (χ4v) is 0.697. The first-order chi connectivity index (χ1) is 4.88. The summed E-state index contributed by atoms with van der Waals surface area (Å²) in [5, 5.41) is 10.3. The van der Waals surface area contributed by atoms with Crippen LogP contribution >= 0.6 is 0 Å². The summed E-state index contributed by atoms with van der Waals surface area (Å²) < 4.78 is 0. The number of rotatable bonds is 0. The van der Waals surface area contributed by atoms with Crippen molar-refractivity contribution in [2.24, 2.45) is 0 Å². The van der Waals surface area contributed by atoms with E-state index in [1.807, 2.05) is 0 Å². The zero-order valence-electron chi connectivity index (χ0n) is 4.87. The second-order valence-corrected chi connectivity index (χ2v) is 1.74. The number of imidazole rings is 1. The predicted octanol–water partition coefficient (Wildman–Crippen LogP) is -0.338. The number of fused-ring (bicyclic) bond motifs is 1. The molecule has 0 aliphatic heterocycles. The van der Waals surface area contributed by atoms with Gasteiger partial charge in [0, 0.05) is 0 Å². The highest BCUT2D eigenvalue weighted by Crippen LogP contribution is 2.09. The largest absolute Gasteiger partial charge is 0.340 e. The van der Waals surface area contributed by atoms with Crippen molar-refractivity contribution in [3.8, 4) is 0 Å². The van der Waals surface area contributed by atoms with Gasteiger partial charge in [0.1, 0.15) is 5.52 Å². The van der Waals surface area contributed by atoms with E-state index in [1.54, 1.807) is 0 Å². The van der Waals surface area contributed by atoms with Gasteiger partial charge < -0.3 is 4.98 Å². The molecule has 49 valence electrons. The minimum absolute atomic E-state index is 0.0718. The molecule has 0 saturated carbocycles. The minimum atomic E-state index is 0.0718. The number of hydrogen-bond donors (Lipinski definition) is 1. The predicted molar refractivity (Wildman–Crippen MR) is 32.2 cm³/mol. The maximum Gasteiger partial charge on any atom is 0.205 e. The van der Waals surface area contributed by atoms with E-state index in [0.29, 0.717) is 11.2 Å². The van der Waals surface area contributed by atoms with E-state index in [0.717, 1.165) is 0 Å². The summed E-state index contributed by atoms with van der Waals surface area (Å²) in [6, 6.07) is 0. The van der Waals surface area contributed by atoms with Crippen LogP contribution in [-0.2, 0) is 0 Å². The Bertz CT molecular complexity index is 351. The summed E-state index contributed by atoms with van der Waals surface area (Å²) in [7, 11) is 0. The van der Waals surface area contributed by atoms with Gasteiger partial charge in [0.05, 0.1) is 6.33 Å². The van der Waals surface area contributed by atoms with Crippen LogP contribution in [0.5, 0.6) is 0 Å². The molecule has 0 spiro atoms. The third-order valence-corrected chi connectivity index (χ3v) is 1.14. The van der Waals surface area contributed by atoms with Crippen LogP contribution < -0.4 is 5.73 Å². The fourth-order valence-electron chi connectivity index (χ4n) is 0.697. The van der Waals surface area contributed by atoms with Crippen LogP contribution in [0.1, 0.15) is 0 Å². The lowest BCUT2D eigenvalue weighted by Gasteiger charge is -1.85. The Morgan fingerprint density at radius 2 is 2.30 bits per heavy atom. The molecule has 2 N–H and O–H groups in total. The molecule has 0 aliphatic rings. The Hall–Kier alpha value is -1.72. The average molecular weight is 135 g/mol. The standard InChI is InChI=1S/C4H3N6/c5-3-2-4(7-1-6-2)9-10-8-3/h1,5H,(H,6,7,8,9). The van der Waals surface area contributed by atoms with Gasteiger partial charge in [-0.15, -0.1) is 10.2 Å². The molecule has 0 bridgehead atoms. The van der Waals surface area contributed by atoms with Gasteiger partial charge in [-0.2, -0.15) is 0 Å². The van der Waals surface area contributed by atoms with Crippen molar-refractivity contribution in [3.63, 3.8) is 0 Å². The number of nitrogens with zero attached hydrogens (tertiary/aromatic N) is 4. The molecule has 1 radical (unpaired) electrons. The van der Waals surface area contributed by atoms with Crippen LogP contribution in [0.15, 0.2) is 6.33 Å². The number of aromatic nitrogens is 5. The van der Waals surface area contributed by atoms with Gasteiger partial charge in [0.2, 0.25) is 5.65 Å². The Balaban J connectivity index is 2.95.